The van der Waals surface area contributed by atoms with Crippen molar-refractivity contribution in [3.8, 4) is 28.5 Å². The summed E-state index contributed by atoms with van der Waals surface area (Å²) in [6, 6.07) is 13.7. The molecule has 0 unspecified atom stereocenters. The second-order valence-electron chi connectivity index (χ2n) is 7.59. The first-order valence-electron chi connectivity index (χ1n) is 10.8. The molecule has 36 heavy (non-hydrogen) atoms. The van der Waals surface area contributed by atoms with Crippen LogP contribution in [0.2, 0.25) is 0 Å². The number of Topliss-reactive ketones (excluding diaryl/α,β-unsaturated/α-hetero) is 1. The van der Waals surface area contributed by atoms with Crippen LogP contribution in [0, 0.1) is 0 Å². The fourth-order valence-corrected chi connectivity index (χ4v) is 3.90. The van der Waals surface area contributed by atoms with E-state index >= 15 is 0 Å². The van der Waals surface area contributed by atoms with Crippen LogP contribution in [-0.2, 0) is 9.84 Å². The summed E-state index contributed by atoms with van der Waals surface area (Å²) in [4.78, 5) is 29.9. The Labute approximate surface area is 208 Å². The van der Waals surface area contributed by atoms with Gasteiger partial charge in [-0.2, -0.15) is 0 Å². The van der Waals surface area contributed by atoms with Crippen molar-refractivity contribution in [2.24, 2.45) is 0 Å². The van der Waals surface area contributed by atoms with Gasteiger partial charge in [-0.05, 0) is 42.5 Å². The van der Waals surface area contributed by atoms with E-state index in [4.69, 9.17) is 19.3 Å². The monoisotopic (exact) mass is 514 g/mol. The Balaban J connectivity index is 1.75. The molecular formula is C25H26N2O8S. The highest BCUT2D eigenvalue weighted by atomic mass is 32.2. The molecule has 0 aliphatic heterocycles. The average Bonchev–Trinajstić information content (AvgIpc) is 2.89. The van der Waals surface area contributed by atoms with E-state index in [1.807, 2.05) is 0 Å². The smallest absolute Gasteiger partial charge is 0.251 e. The number of aliphatic hydroxyl groups excluding tert-OH is 1. The Hall–Kier alpha value is -3.96. The highest BCUT2D eigenvalue weighted by Crippen LogP contribution is 2.30. The van der Waals surface area contributed by atoms with E-state index in [9.17, 15) is 18.0 Å². The quantitative estimate of drug-likeness (QED) is 0.368. The maximum absolute atomic E-state index is 12.8. The van der Waals surface area contributed by atoms with Crippen molar-refractivity contribution in [1.29, 1.82) is 0 Å². The van der Waals surface area contributed by atoms with Crippen LogP contribution >= 0.6 is 0 Å². The number of aliphatic hydroxyl groups is 1. The van der Waals surface area contributed by atoms with Crippen molar-refractivity contribution in [2.45, 2.75) is 4.90 Å². The molecule has 0 aliphatic rings. The molecule has 11 heteroatoms. The normalized spacial score (nSPS) is 11.0. The van der Waals surface area contributed by atoms with E-state index in [2.05, 4.69) is 10.3 Å². The number of aromatic nitrogens is 1. The third kappa shape index (κ3) is 6.37. The molecule has 0 saturated carbocycles. The minimum absolute atomic E-state index is 0.0785. The molecule has 0 aliphatic carbocycles. The van der Waals surface area contributed by atoms with E-state index in [0.717, 1.165) is 6.26 Å². The first kappa shape index (κ1) is 26.6. The molecule has 10 nitrogen and oxygen atoms in total. The van der Waals surface area contributed by atoms with Crippen molar-refractivity contribution < 1.29 is 37.3 Å². The maximum Gasteiger partial charge on any atom is 0.251 e. The van der Waals surface area contributed by atoms with Crippen LogP contribution in [0.5, 0.6) is 17.2 Å². The van der Waals surface area contributed by atoms with Crippen LogP contribution in [0.15, 0.2) is 59.5 Å². The van der Waals surface area contributed by atoms with E-state index < -0.39 is 21.5 Å². The minimum atomic E-state index is -3.36. The molecule has 2 N–H and O–H groups in total. The van der Waals surface area contributed by atoms with Crippen LogP contribution in [-0.4, -0.2) is 70.4 Å². The Bertz CT molecular complexity index is 1350. The summed E-state index contributed by atoms with van der Waals surface area (Å²) in [5.74, 6) is 0.151. The second-order valence-corrected chi connectivity index (χ2v) is 9.60. The Morgan fingerprint density at radius 2 is 1.61 bits per heavy atom. The molecule has 3 aromatic rings. The number of hydrogen-bond donors (Lipinski definition) is 2. The first-order valence-corrected chi connectivity index (χ1v) is 12.7. The van der Waals surface area contributed by atoms with Gasteiger partial charge in [0.2, 0.25) is 0 Å². The number of ether oxygens (including phenoxy) is 3. The van der Waals surface area contributed by atoms with Gasteiger partial charge >= 0.3 is 0 Å². The fraction of sp³-hybridized carbons (Fsp3) is 0.240. The average molecular weight is 515 g/mol. The van der Waals surface area contributed by atoms with Gasteiger partial charge in [0.15, 0.2) is 27.1 Å². The predicted molar refractivity (Wildman–Crippen MR) is 132 cm³/mol. The molecule has 0 fully saturated rings. The van der Waals surface area contributed by atoms with Gasteiger partial charge in [0.1, 0.15) is 23.7 Å². The minimum Gasteiger partial charge on any atom is -0.494 e. The Kier molecular flexibility index (Phi) is 8.62. The maximum atomic E-state index is 12.8. The van der Waals surface area contributed by atoms with E-state index in [0.29, 0.717) is 28.5 Å². The van der Waals surface area contributed by atoms with Gasteiger partial charge in [-0.25, -0.2) is 13.4 Å². The Morgan fingerprint density at radius 3 is 2.22 bits per heavy atom. The highest BCUT2D eigenvalue weighted by molar-refractivity contribution is 7.90. The molecule has 1 heterocycles. The van der Waals surface area contributed by atoms with Crippen LogP contribution in [0.1, 0.15) is 20.8 Å². The lowest BCUT2D eigenvalue weighted by atomic mass is 10.1. The standard InChI is InChI=1S/C25H26N2O8S/c1-33-22-11-9-19(27-24(22)16-4-7-18(8-5-16)36(3,31)32)20(29)15-26-25(30)17-6-10-21(35-13-12-28)23(14-17)34-2/h4-11,14,28H,12-13,15H2,1-3H3,(H,26,30). The molecule has 1 aromatic heterocycles. The number of benzene rings is 2. The van der Waals surface area contributed by atoms with Crippen LogP contribution in [0.3, 0.4) is 0 Å². The van der Waals surface area contributed by atoms with Crippen molar-refractivity contribution in [1.82, 2.24) is 10.3 Å². The number of carbonyl (C=O) groups excluding carboxylic acids is 2. The zero-order valence-corrected chi connectivity index (χ0v) is 20.8. The molecule has 0 bridgehead atoms. The van der Waals surface area contributed by atoms with Crippen LogP contribution in [0.4, 0.5) is 0 Å². The number of nitrogens with one attached hydrogen (secondary N) is 1. The molecule has 1 amide bonds. The molecule has 3 rings (SSSR count). The number of pyridine rings is 1. The molecule has 0 radical (unpaired) electrons. The molecule has 0 saturated heterocycles. The topological polar surface area (TPSA) is 141 Å². The summed E-state index contributed by atoms with van der Waals surface area (Å²) in [7, 11) is -0.475. The zero-order chi connectivity index (χ0) is 26.3. The summed E-state index contributed by atoms with van der Waals surface area (Å²) < 4.78 is 39.4. The first-order chi connectivity index (χ1) is 17.2. The number of carbonyl (C=O) groups is 2. The summed E-state index contributed by atoms with van der Waals surface area (Å²) in [5.41, 5.74) is 1.28. The van der Waals surface area contributed by atoms with Gasteiger partial charge in [0, 0.05) is 17.4 Å². The molecular weight excluding hydrogens is 488 g/mol. The summed E-state index contributed by atoms with van der Waals surface area (Å²) in [5, 5.41) is 11.5. The van der Waals surface area contributed by atoms with Gasteiger partial charge in [-0.15, -0.1) is 0 Å². The van der Waals surface area contributed by atoms with E-state index in [1.54, 1.807) is 18.2 Å². The number of ketones is 1. The fourth-order valence-electron chi connectivity index (χ4n) is 3.27. The van der Waals surface area contributed by atoms with Gasteiger partial charge < -0.3 is 24.6 Å². The summed E-state index contributed by atoms with van der Waals surface area (Å²) in [6.07, 6.45) is 1.12. The molecule has 0 atom stereocenters. The largest absolute Gasteiger partial charge is 0.494 e. The highest BCUT2D eigenvalue weighted by Gasteiger charge is 2.17. The van der Waals surface area contributed by atoms with Gasteiger partial charge in [0.05, 0.1) is 32.3 Å². The SMILES string of the molecule is COc1cc(C(=O)NCC(=O)c2ccc(OC)c(-c3ccc(S(C)(=O)=O)cc3)n2)ccc1OCCO. The lowest BCUT2D eigenvalue weighted by Gasteiger charge is -2.12. The van der Waals surface area contributed by atoms with E-state index in [-0.39, 0.29) is 35.9 Å². The lowest BCUT2D eigenvalue weighted by Crippen LogP contribution is -2.30. The number of amides is 1. The van der Waals surface area contributed by atoms with Gasteiger partial charge in [-0.3, -0.25) is 9.59 Å². The van der Waals surface area contributed by atoms with E-state index in [1.165, 1.54) is 50.6 Å². The third-order valence-electron chi connectivity index (χ3n) is 5.10. The summed E-state index contributed by atoms with van der Waals surface area (Å²) >= 11 is 0. The van der Waals surface area contributed by atoms with Crippen LogP contribution < -0.4 is 19.5 Å². The number of hydrogen-bond acceptors (Lipinski definition) is 9. The molecule has 0 spiro atoms. The molecule has 190 valence electrons. The second kappa shape index (κ2) is 11.6. The summed E-state index contributed by atoms with van der Waals surface area (Å²) in [6.45, 7) is -0.397. The van der Waals surface area contributed by atoms with Crippen molar-refractivity contribution in [3.05, 3.63) is 65.9 Å². The van der Waals surface area contributed by atoms with Gasteiger partial charge in [0.25, 0.3) is 5.91 Å². The molecule has 2 aromatic carbocycles. The van der Waals surface area contributed by atoms with Crippen LogP contribution in [0.25, 0.3) is 11.3 Å². The third-order valence-corrected chi connectivity index (χ3v) is 6.23. The van der Waals surface area contributed by atoms with Crippen molar-refractivity contribution in [2.75, 3.05) is 40.2 Å². The predicted octanol–water partition coefficient (Wildman–Crippen LogP) is 2.15. The number of sulfone groups is 1. The number of nitrogens with zero attached hydrogens (tertiary/aromatic N) is 1. The zero-order valence-electron chi connectivity index (χ0n) is 20.0. The van der Waals surface area contributed by atoms with Crippen molar-refractivity contribution in [3.63, 3.8) is 0 Å². The number of methoxy groups -OCH3 is 2. The number of rotatable bonds is 11. The van der Waals surface area contributed by atoms with Crippen molar-refractivity contribution >= 4 is 21.5 Å². The lowest BCUT2D eigenvalue weighted by molar-refractivity contribution is 0.0902. The Morgan fingerprint density at radius 1 is 0.944 bits per heavy atom. The van der Waals surface area contributed by atoms with Gasteiger partial charge in [-0.1, -0.05) is 12.1 Å².